The third kappa shape index (κ3) is 1.54. The van der Waals surface area contributed by atoms with E-state index in [9.17, 15) is 0 Å². The van der Waals surface area contributed by atoms with Gasteiger partial charge in [0.05, 0.1) is 6.61 Å². The van der Waals surface area contributed by atoms with Gasteiger partial charge in [0, 0.05) is 26.0 Å². The summed E-state index contributed by atoms with van der Waals surface area (Å²) in [7, 11) is 1.99. The molecule has 1 heterocycles. The summed E-state index contributed by atoms with van der Waals surface area (Å²) < 4.78 is 0. The maximum atomic E-state index is 8.70. The zero-order valence-corrected chi connectivity index (χ0v) is 6.77. The van der Waals surface area contributed by atoms with E-state index < -0.39 is 0 Å². The van der Waals surface area contributed by atoms with Crippen LogP contribution in [-0.2, 0) is 0 Å². The number of hydrogen-bond acceptors (Lipinski definition) is 3. The van der Waals surface area contributed by atoms with Gasteiger partial charge in [0.1, 0.15) is 6.17 Å². The molecule has 1 aliphatic heterocycles. The molecule has 3 heteroatoms. The van der Waals surface area contributed by atoms with Crippen LogP contribution < -0.4 is 0 Å². The van der Waals surface area contributed by atoms with Crippen molar-refractivity contribution in [2.75, 3.05) is 20.2 Å². The second kappa shape index (κ2) is 3.44. The highest BCUT2D eigenvalue weighted by Crippen LogP contribution is 2.13. The maximum Gasteiger partial charge on any atom is 0.120 e. The van der Waals surface area contributed by atoms with Crippen LogP contribution in [0.4, 0.5) is 0 Å². The summed E-state index contributed by atoms with van der Waals surface area (Å²) in [6, 6.07) is 0. The van der Waals surface area contributed by atoms with Crippen LogP contribution in [0.2, 0.25) is 0 Å². The Balaban J connectivity index is 2.53. The van der Waals surface area contributed by atoms with Crippen molar-refractivity contribution in [3.8, 4) is 0 Å². The van der Waals surface area contributed by atoms with Crippen molar-refractivity contribution >= 4 is 0 Å². The Hall–Kier alpha value is -0.960. The zero-order valence-electron chi connectivity index (χ0n) is 6.77. The number of nitrogens with zero attached hydrogens (tertiary/aromatic N) is 2. The van der Waals surface area contributed by atoms with Crippen LogP contribution in [0, 0.1) is 0 Å². The van der Waals surface area contributed by atoms with E-state index in [0.29, 0.717) is 6.54 Å². The Morgan fingerprint density at radius 3 is 2.91 bits per heavy atom. The molecule has 0 aromatic carbocycles. The standard InChI is InChI=1S/C8H14N2O/c1-3-8-9(2)4-5-10(8)6-7-11/h3-5,8,11H,1,6-7H2,2H3. The fourth-order valence-corrected chi connectivity index (χ4v) is 1.23. The number of aliphatic hydroxyl groups is 1. The molecule has 1 N–H and O–H groups in total. The molecule has 0 bridgehead atoms. The van der Waals surface area contributed by atoms with Gasteiger partial charge in [-0.15, -0.1) is 0 Å². The predicted octanol–water partition coefficient (Wildman–Crippen LogP) is 0.209. The molecule has 0 radical (unpaired) electrons. The minimum absolute atomic E-state index is 0.183. The van der Waals surface area contributed by atoms with Crippen molar-refractivity contribution in [2.24, 2.45) is 0 Å². The Labute approximate surface area is 67.2 Å². The lowest BCUT2D eigenvalue weighted by Crippen LogP contribution is -2.35. The average Bonchev–Trinajstić information content (AvgIpc) is 2.33. The Morgan fingerprint density at radius 1 is 1.64 bits per heavy atom. The van der Waals surface area contributed by atoms with E-state index in [4.69, 9.17) is 5.11 Å². The Kier molecular flexibility index (Phi) is 2.54. The number of hydrogen-bond donors (Lipinski definition) is 1. The Morgan fingerprint density at radius 2 is 2.36 bits per heavy atom. The molecule has 1 unspecified atom stereocenters. The van der Waals surface area contributed by atoms with Crippen LogP contribution in [0.1, 0.15) is 0 Å². The highest BCUT2D eigenvalue weighted by atomic mass is 16.3. The van der Waals surface area contributed by atoms with Crippen molar-refractivity contribution in [1.82, 2.24) is 9.80 Å². The van der Waals surface area contributed by atoms with Crippen molar-refractivity contribution in [1.29, 1.82) is 0 Å². The summed E-state index contributed by atoms with van der Waals surface area (Å²) in [6.45, 7) is 4.57. The normalized spacial score (nSPS) is 22.9. The highest BCUT2D eigenvalue weighted by molar-refractivity contribution is 5.02. The third-order valence-electron chi connectivity index (χ3n) is 1.82. The van der Waals surface area contributed by atoms with Gasteiger partial charge in [0.2, 0.25) is 0 Å². The molecule has 0 amide bonds. The molecule has 1 rings (SSSR count). The van der Waals surface area contributed by atoms with Crippen LogP contribution in [0.3, 0.4) is 0 Å². The predicted molar refractivity (Wildman–Crippen MR) is 44.7 cm³/mol. The molecule has 0 aromatic rings. The van der Waals surface area contributed by atoms with E-state index in [1.807, 2.05) is 35.3 Å². The lowest BCUT2D eigenvalue weighted by Gasteiger charge is -2.26. The first-order chi connectivity index (χ1) is 5.29. The van der Waals surface area contributed by atoms with E-state index in [0.717, 1.165) is 0 Å². The lowest BCUT2D eigenvalue weighted by molar-refractivity contribution is 0.177. The van der Waals surface area contributed by atoms with E-state index in [1.54, 1.807) is 0 Å². The molecule has 3 nitrogen and oxygen atoms in total. The smallest absolute Gasteiger partial charge is 0.120 e. The molecule has 0 saturated carbocycles. The molecule has 0 spiro atoms. The van der Waals surface area contributed by atoms with E-state index in [-0.39, 0.29) is 12.8 Å². The highest BCUT2D eigenvalue weighted by Gasteiger charge is 2.18. The van der Waals surface area contributed by atoms with Crippen LogP contribution in [0.15, 0.2) is 25.1 Å². The minimum atomic E-state index is 0.183. The molecule has 0 saturated heterocycles. The molecule has 0 aromatic heterocycles. The van der Waals surface area contributed by atoms with Gasteiger partial charge in [-0.25, -0.2) is 0 Å². The largest absolute Gasteiger partial charge is 0.395 e. The molecule has 1 atom stereocenters. The topological polar surface area (TPSA) is 26.7 Å². The average molecular weight is 154 g/mol. The van der Waals surface area contributed by atoms with E-state index in [1.165, 1.54) is 0 Å². The SMILES string of the molecule is C=CC1N(C)C=CN1CCO. The van der Waals surface area contributed by atoms with Gasteiger partial charge in [-0.2, -0.15) is 0 Å². The number of likely N-dealkylation sites (N-methyl/N-ethyl adjacent to an activating group) is 1. The van der Waals surface area contributed by atoms with Gasteiger partial charge in [0.15, 0.2) is 0 Å². The van der Waals surface area contributed by atoms with Crippen LogP contribution in [0.25, 0.3) is 0 Å². The van der Waals surface area contributed by atoms with Gasteiger partial charge in [-0.1, -0.05) is 6.58 Å². The Bertz CT molecular complexity index is 167. The molecular weight excluding hydrogens is 140 g/mol. The fourth-order valence-electron chi connectivity index (χ4n) is 1.23. The molecule has 62 valence electrons. The number of β-amino-alcohol motifs (C(OH)–C–C–N with tert-alkyl or cyclic N) is 1. The van der Waals surface area contributed by atoms with Crippen LogP contribution >= 0.6 is 0 Å². The second-order valence-electron chi connectivity index (χ2n) is 2.57. The molecule has 1 aliphatic rings. The first kappa shape index (κ1) is 8.14. The summed E-state index contributed by atoms with van der Waals surface area (Å²) in [5, 5.41) is 8.70. The van der Waals surface area contributed by atoms with Crippen molar-refractivity contribution < 1.29 is 5.11 Å². The summed E-state index contributed by atoms with van der Waals surface area (Å²) in [6.07, 6.45) is 6.00. The quantitative estimate of drug-likeness (QED) is 0.589. The second-order valence-corrected chi connectivity index (χ2v) is 2.57. The van der Waals surface area contributed by atoms with Crippen LogP contribution in [0.5, 0.6) is 0 Å². The van der Waals surface area contributed by atoms with Gasteiger partial charge in [0.25, 0.3) is 0 Å². The lowest BCUT2D eigenvalue weighted by atomic mass is 10.4. The molecule has 0 aliphatic carbocycles. The molecule has 0 fully saturated rings. The van der Waals surface area contributed by atoms with E-state index in [2.05, 4.69) is 6.58 Å². The van der Waals surface area contributed by atoms with Crippen LogP contribution in [-0.4, -0.2) is 41.3 Å². The van der Waals surface area contributed by atoms with Crippen molar-refractivity contribution in [3.63, 3.8) is 0 Å². The third-order valence-corrected chi connectivity index (χ3v) is 1.82. The molecular formula is C8H14N2O. The molecule has 11 heavy (non-hydrogen) atoms. The number of aliphatic hydroxyl groups excluding tert-OH is 1. The van der Waals surface area contributed by atoms with Gasteiger partial charge in [-0.05, 0) is 6.08 Å². The monoisotopic (exact) mass is 154 g/mol. The first-order valence-corrected chi connectivity index (χ1v) is 3.69. The number of rotatable bonds is 3. The van der Waals surface area contributed by atoms with Crippen molar-refractivity contribution in [2.45, 2.75) is 6.17 Å². The summed E-state index contributed by atoms with van der Waals surface area (Å²) in [4.78, 5) is 4.08. The van der Waals surface area contributed by atoms with Gasteiger partial charge < -0.3 is 14.9 Å². The zero-order chi connectivity index (χ0) is 8.27. The fraction of sp³-hybridized carbons (Fsp3) is 0.500. The summed E-state index contributed by atoms with van der Waals surface area (Å²) in [5.74, 6) is 0. The maximum absolute atomic E-state index is 8.70. The van der Waals surface area contributed by atoms with Gasteiger partial charge >= 0.3 is 0 Å². The first-order valence-electron chi connectivity index (χ1n) is 3.69. The minimum Gasteiger partial charge on any atom is -0.395 e. The van der Waals surface area contributed by atoms with Gasteiger partial charge in [-0.3, -0.25) is 0 Å². The van der Waals surface area contributed by atoms with Crippen molar-refractivity contribution in [3.05, 3.63) is 25.1 Å². The summed E-state index contributed by atoms with van der Waals surface area (Å²) >= 11 is 0. The summed E-state index contributed by atoms with van der Waals surface area (Å²) in [5.41, 5.74) is 0. The van der Waals surface area contributed by atoms with E-state index >= 15 is 0 Å².